The first kappa shape index (κ1) is 16.9. The number of esters is 1. The maximum absolute atomic E-state index is 12.1. The van der Waals surface area contributed by atoms with Crippen LogP contribution in [0.3, 0.4) is 0 Å². The highest BCUT2D eigenvalue weighted by Crippen LogP contribution is 2.26. The topological polar surface area (TPSA) is 81.7 Å². The third-order valence-corrected chi connectivity index (χ3v) is 4.32. The van der Waals surface area contributed by atoms with Gasteiger partial charge in [-0.2, -0.15) is 0 Å². The number of benzene rings is 1. The van der Waals surface area contributed by atoms with E-state index < -0.39 is 16.0 Å². The van der Waals surface area contributed by atoms with Crippen molar-refractivity contribution < 1.29 is 22.7 Å². The number of rotatable bonds is 7. The molecular formula is C12H16BrNO5S. The SMILES string of the molecule is CCOC(=O)CCNS(=O)(=O)c1cc(Br)ccc1OC. The van der Waals surface area contributed by atoms with Crippen LogP contribution in [-0.2, 0) is 19.6 Å². The molecule has 8 heteroatoms. The van der Waals surface area contributed by atoms with Crippen LogP contribution >= 0.6 is 15.9 Å². The molecule has 1 N–H and O–H groups in total. The van der Waals surface area contributed by atoms with E-state index in [0.717, 1.165) is 0 Å². The zero-order valence-electron chi connectivity index (χ0n) is 11.2. The average Bonchev–Trinajstić information content (AvgIpc) is 2.38. The maximum Gasteiger partial charge on any atom is 0.307 e. The highest BCUT2D eigenvalue weighted by molar-refractivity contribution is 9.10. The normalized spacial score (nSPS) is 11.2. The minimum Gasteiger partial charge on any atom is -0.495 e. The van der Waals surface area contributed by atoms with Crippen molar-refractivity contribution in [3.63, 3.8) is 0 Å². The Balaban J connectivity index is 2.79. The lowest BCUT2D eigenvalue weighted by atomic mass is 10.3. The summed E-state index contributed by atoms with van der Waals surface area (Å²) in [6.45, 7) is 1.93. The zero-order valence-corrected chi connectivity index (χ0v) is 13.6. The summed E-state index contributed by atoms with van der Waals surface area (Å²) in [5, 5.41) is 0. The van der Waals surface area contributed by atoms with Gasteiger partial charge in [-0.25, -0.2) is 13.1 Å². The summed E-state index contributed by atoms with van der Waals surface area (Å²) in [5.74, 6) is -0.215. The second-order valence-corrected chi connectivity index (χ2v) is 6.40. The van der Waals surface area contributed by atoms with Gasteiger partial charge in [-0.05, 0) is 25.1 Å². The lowest BCUT2D eigenvalue weighted by molar-refractivity contribution is -0.142. The summed E-state index contributed by atoms with van der Waals surface area (Å²) in [6, 6.07) is 4.66. The number of ether oxygens (including phenoxy) is 2. The van der Waals surface area contributed by atoms with Crippen LogP contribution < -0.4 is 9.46 Å². The van der Waals surface area contributed by atoms with Gasteiger partial charge in [0.1, 0.15) is 10.6 Å². The van der Waals surface area contributed by atoms with Gasteiger partial charge in [0.25, 0.3) is 0 Å². The molecule has 1 aromatic rings. The lowest BCUT2D eigenvalue weighted by Crippen LogP contribution is -2.27. The van der Waals surface area contributed by atoms with E-state index in [1.54, 1.807) is 19.1 Å². The van der Waals surface area contributed by atoms with Gasteiger partial charge in [-0.3, -0.25) is 4.79 Å². The van der Waals surface area contributed by atoms with Gasteiger partial charge in [-0.15, -0.1) is 0 Å². The van der Waals surface area contributed by atoms with Gasteiger partial charge in [0.15, 0.2) is 0 Å². The predicted molar refractivity (Wildman–Crippen MR) is 77.1 cm³/mol. The van der Waals surface area contributed by atoms with Crippen LogP contribution in [0.15, 0.2) is 27.6 Å². The van der Waals surface area contributed by atoms with Crippen LogP contribution in [0.4, 0.5) is 0 Å². The Morgan fingerprint density at radius 3 is 2.70 bits per heavy atom. The standard InChI is InChI=1S/C12H16BrNO5S/c1-3-19-12(15)6-7-14-20(16,17)11-8-9(13)4-5-10(11)18-2/h4-5,8,14H,3,6-7H2,1-2H3. The third kappa shape index (κ3) is 4.77. The molecule has 0 fully saturated rings. The molecule has 0 heterocycles. The first-order valence-electron chi connectivity index (χ1n) is 5.89. The number of hydrogen-bond donors (Lipinski definition) is 1. The smallest absolute Gasteiger partial charge is 0.307 e. The molecule has 0 saturated carbocycles. The molecule has 6 nitrogen and oxygen atoms in total. The van der Waals surface area contributed by atoms with E-state index in [-0.39, 0.29) is 30.2 Å². The molecule has 0 saturated heterocycles. The van der Waals surface area contributed by atoms with Crippen LogP contribution in [-0.4, -0.2) is 34.6 Å². The van der Waals surface area contributed by atoms with Crippen LogP contribution in [0.5, 0.6) is 5.75 Å². The molecule has 0 aromatic heterocycles. The van der Waals surface area contributed by atoms with Gasteiger partial charge >= 0.3 is 5.97 Å². The van der Waals surface area contributed by atoms with Crippen molar-refractivity contribution in [2.45, 2.75) is 18.2 Å². The molecule has 0 radical (unpaired) electrons. The molecule has 1 aromatic carbocycles. The Kier molecular flexibility index (Phi) is 6.44. The highest BCUT2D eigenvalue weighted by Gasteiger charge is 2.19. The number of halogens is 1. The number of nitrogens with one attached hydrogen (secondary N) is 1. The molecule has 0 spiro atoms. The molecule has 0 atom stereocenters. The van der Waals surface area contributed by atoms with Crippen LogP contribution in [0, 0.1) is 0 Å². The van der Waals surface area contributed by atoms with Crippen LogP contribution in [0.25, 0.3) is 0 Å². The minimum absolute atomic E-state index is 0.0123. The molecule has 0 aliphatic carbocycles. The Labute approximate surface area is 126 Å². The summed E-state index contributed by atoms with van der Waals surface area (Å²) in [6.07, 6.45) is -0.0244. The summed E-state index contributed by atoms with van der Waals surface area (Å²) in [4.78, 5) is 11.2. The van der Waals surface area contributed by atoms with Gasteiger partial charge in [-0.1, -0.05) is 15.9 Å². The van der Waals surface area contributed by atoms with Crippen LogP contribution in [0.1, 0.15) is 13.3 Å². The van der Waals surface area contributed by atoms with Crippen molar-refractivity contribution in [2.75, 3.05) is 20.3 Å². The molecule has 0 amide bonds. The average molecular weight is 366 g/mol. The summed E-state index contributed by atoms with van der Waals surface area (Å²) < 4.78 is 37.0. The molecular weight excluding hydrogens is 350 g/mol. The fourth-order valence-electron chi connectivity index (χ4n) is 1.46. The summed E-state index contributed by atoms with van der Waals surface area (Å²) in [7, 11) is -2.36. The second kappa shape index (κ2) is 7.61. The monoisotopic (exact) mass is 365 g/mol. The highest BCUT2D eigenvalue weighted by atomic mass is 79.9. The summed E-state index contributed by atoms with van der Waals surface area (Å²) >= 11 is 3.21. The van der Waals surface area contributed by atoms with Crippen molar-refractivity contribution >= 4 is 31.9 Å². The van der Waals surface area contributed by atoms with Crippen molar-refractivity contribution in [1.29, 1.82) is 0 Å². The number of sulfonamides is 1. The van der Waals surface area contributed by atoms with Crippen molar-refractivity contribution in [3.05, 3.63) is 22.7 Å². The van der Waals surface area contributed by atoms with E-state index in [2.05, 4.69) is 20.7 Å². The number of methoxy groups -OCH3 is 1. The number of carbonyl (C=O) groups excluding carboxylic acids is 1. The number of hydrogen-bond acceptors (Lipinski definition) is 5. The number of carbonyl (C=O) groups is 1. The first-order chi connectivity index (χ1) is 9.40. The van der Waals surface area contributed by atoms with E-state index >= 15 is 0 Å². The molecule has 20 heavy (non-hydrogen) atoms. The third-order valence-electron chi connectivity index (χ3n) is 2.34. The van der Waals surface area contributed by atoms with E-state index in [1.165, 1.54) is 13.2 Å². The van der Waals surface area contributed by atoms with E-state index in [0.29, 0.717) is 4.47 Å². The van der Waals surface area contributed by atoms with Gasteiger partial charge in [0, 0.05) is 11.0 Å². The molecule has 112 valence electrons. The molecule has 1 rings (SSSR count). The molecule has 0 aliphatic heterocycles. The van der Waals surface area contributed by atoms with Crippen LogP contribution in [0.2, 0.25) is 0 Å². The predicted octanol–water partition coefficient (Wildman–Crippen LogP) is 1.69. The second-order valence-electron chi connectivity index (χ2n) is 3.75. The molecule has 0 bridgehead atoms. The van der Waals surface area contributed by atoms with E-state index in [1.807, 2.05) is 0 Å². The van der Waals surface area contributed by atoms with Gasteiger partial charge < -0.3 is 9.47 Å². The maximum atomic E-state index is 12.1. The Morgan fingerprint density at radius 1 is 1.40 bits per heavy atom. The van der Waals surface area contributed by atoms with Crippen molar-refractivity contribution in [2.24, 2.45) is 0 Å². The first-order valence-corrected chi connectivity index (χ1v) is 8.17. The Hall–Kier alpha value is -1.12. The molecule has 0 aliphatic rings. The Morgan fingerprint density at radius 2 is 2.10 bits per heavy atom. The fraction of sp³-hybridized carbons (Fsp3) is 0.417. The summed E-state index contributed by atoms with van der Waals surface area (Å²) in [5.41, 5.74) is 0. The van der Waals surface area contributed by atoms with Crippen molar-refractivity contribution in [1.82, 2.24) is 4.72 Å². The van der Waals surface area contributed by atoms with Gasteiger partial charge in [0.2, 0.25) is 10.0 Å². The zero-order chi connectivity index (χ0) is 15.2. The molecule has 0 unspecified atom stereocenters. The largest absolute Gasteiger partial charge is 0.495 e. The van der Waals surface area contributed by atoms with E-state index in [4.69, 9.17) is 9.47 Å². The quantitative estimate of drug-likeness (QED) is 0.743. The Bertz CT molecular complexity index is 573. The van der Waals surface area contributed by atoms with Gasteiger partial charge in [0.05, 0.1) is 20.1 Å². The minimum atomic E-state index is -3.75. The fourth-order valence-corrected chi connectivity index (χ4v) is 3.20. The van der Waals surface area contributed by atoms with Crippen molar-refractivity contribution in [3.8, 4) is 5.75 Å². The lowest BCUT2D eigenvalue weighted by Gasteiger charge is -2.11. The van der Waals surface area contributed by atoms with E-state index in [9.17, 15) is 13.2 Å².